The lowest BCUT2D eigenvalue weighted by molar-refractivity contribution is -0.123. The maximum atomic E-state index is 12.6. The summed E-state index contributed by atoms with van der Waals surface area (Å²) in [7, 11) is 0. The van der Waals surface area contributed by atoms with Gasteiger partial charge in [0.05, 0.1) is 15.8 Å². The molecule has 2 aromatic rings. The summed E-state index contributed by atoms with van der Waals surface area (Å²) < 4.78 is 0. The minimum absolute atomic E-state index is 0.0245. The van der Waals surface area contributed by atoms with Crippen LogP contribution in [0.5, 0.6) is 0 Å². The number of anilines is 1. The monoisotopic (exact) mass is 468 g/mol. The van der Waals surface area contributed by atoms with E-state index in [1.165, 1.54) is 0 Å². The van der Waals surface area contributed by atoms with Gasteiger partial charge < -0.3 is 10.6 Å². The summed E-state index contributed by atoms with van der Waals surface area (Å²) in [5.41, 5.74) is 1.98. The first-order valence-electron chi connectivity index (χ1n) is 8.42. The number of rotatable bonds is 4. The maximum absolute atomic E-state index is 12.6. The number of amidine groups is 1. The van der Waals surface area contributed by atoms with Crippen molar-refractivity contribution >= 4 is 74.9 Å². The summed E-state index contributed by atoms with van der Waals surface area (Å²) in [6.45, 7) is 1.79. The minimum atomic E-state index is -0.650. The Morgan fingerprint density at radius 1 is 1.14 bits per heavy atom. The lowest BCUT2D eigenvalue weighted by atomic mass is 10.1. The van der Waals surface area contributed by atoms with Gasteiger partial charge >= 0.3 is 0 Å². The molecule has 29 heavy (non-hydrogen) atoms. The van der Waals surface area contributed by atoms with Gasteiger partial charge in [0.15, 0.2) is 5.17 Å². The molecule has 1 fully saturated rings. The van der Waals surface area contributed by atoms with Crippen LogP contribution in [0.15, 0.2) is 52.7 Å². The number of hydrogen-bond acceptors (Lipinski definition) is 5. The highest BCUT2D eigenvalue weighted by Crippen LogP contribution is 2.27. The first-order valence-corrected chi connectivity index (χ1v) is 10.4. The Hall–Kier alpha value is -2.06. The molecule has 1 saturated heterocycles. The molecule has 0 radical (unpaired) electrons. The van der Waals surface area contributed by atoms with E-state index in [2.05, 4.69) is 20.8 Å². The molecule has 2 amide bonds. The molecule has 0 aromatic heterocycles. The fourth-order valence-electron chi connectivity index (χ4n) is 2.41. The Morgan fingerprint density at radius 3 is 2.55 bits per heavy atom. The lowest BCUT2D eigenvalue weighted by Gasteiger charge is -2.21. The molecule has 150 valence electrons. The van der Waals surface area contributed by atoms with Crippen LogP contribution in [0.3, 0.4) is 0 Å². The molecule has 1 atom stereocenters. The highest BCUT2D eigenvalue weighted by atomic mass is 35.5. The molecular formula is C19H15Cl3N4O2S. The van der Waals surface area contributed by atoms with Crippen molar-refractivity contribution in [2.75, 3.05) is 5.32 Å². The second-order valence-corrected chi connectivity index (χ2v) is 8.52. The number of halogens is 3. The molecule has 0 unspecified atom stereocenters. The number of thioether (sulfide) groups is 1. The van der Waals surface area contributed by atoms with Crippen LogP contribution in [-0.2, 0) is 9.59 Å². The Balaban J connectivity index is 1.70. The normalized spacial score (nSPS) is 18.5. The third-order valence-corrected chi connectivity index (χ3v) is 5.97. The Kier molecular flexibility index (Phi) is 7.18. The smallest absolute Gasteiger partial charge is 0.238 e. The Bertz CT molecular complexity index is 1010. The molecule has 0 saturated carbocycles. The highest BCUT2D eigenvalue weighted by molar-refractivity contribution is 8.15. The molecule has 0 spiro atoms. The average Bonchev–Trinajstić information content (AvgIpc) is 2.69. The first-order chi connectivity index (χ1) is 13.8. The van der Waals surface area contributed by atoms with E-state index in [9.17, 15) is 9.59 Å². The number of amides is 2. The molecule has 3 rings (SSSR count). The van der Waals surface area contributed by atoms with E-state index in [0.717, 1.165) is 17.3 Å². The molecule has 6 nitrogen and oxygen atoms in total. The van der Waals surface area contributed by atoms with Crippen molar-refractivity contribution in [2.45, 2.75) is 18.6 Å². The van der Waals surface area contributed by atoms with E-state index in [0.29, 0.717) is 26.5 Å². The summed E-state index contributed by atoms with van der Waals surface area (Å²) in [4.78, 5) is 24.6. The van der Waals surface area contributed by atoms with Crippen LogP contribution >= 0.6 is 46.6 Å². The van der Waals surface area contributed by atoms with Gasteiger partial charge in [-0.1, -0.05) is 58.7 Å². The number of benzene rings is 2. The zero-order valence-electron chi connectivity index (χ0n) is 15.1. The minimum Gasteiger partial charge on any atom is -0.325 e. The summed E-state index contributed by atoms with van der Waals surface area (Å²) in [6.07, 6.45) is 0.0245. The molecule has 2 aromatic carbocycles. The molecular weight excluding hydrogens is 455 g/mol. The lowest BCUT2D eigenvalue weighted by Crippen LogP contribution is -2.41. The predicted octanol–water partition coefficient (Wildman–Crippen LogP) is 4.99. The van der Waals surface area contributed by atoms with Crippen molar-refractivity contribution in [3.8, 4) is 0 Å². The molecule has 2 N–H and O–H groups in total. The predicted molar refractivity (Wildman–Crippen MR) is 120 cm³/mol. The molecule has 1 aliphatic rings. The molecule has 0 bridgehead atoms. The first kappa shape index (κ1) is 21.6. The topological polar surface area (TPSA) is 82.9 Å². The fraction of sp³-hybridized carbons (Fsp3) is 0.158. The SMILES string of the molecule is C/C(=N\N=C1\NC(=O)C[C@H](C(=O)Nc2ccc(Cl)c(Cl)c2)S1)c1ccc(Cl)cc1. The van der Waals surface area contributed by atoms with Gasteiger partial charge in [-0.15, -0.1) is 5.10 Å². The van der Waals surface area contributed by atoms with Gasteiger partial charge in [0.25, 0.3) is 0 Å². The third kappa shape index (κ3) is 5.96. The average molecular weight is 470 g/mol. The van der Waals surface area contributed by atoms with Crippen molar-refractivity contribution in [1.82, 2.24) is 5.32 Å². The van der Waals surface area contributed by atoms with Gasteiger partial charge in [-0.3, -0.25) is 9.59 Å². The van der Waals surface area contributed by atoms with E-state index >= 15 is 0 Å². The van der Waals surface area contributed by atoms with Crippen molar-refractivity contribution in [3.05, 3.63) is 63.1 Å². The largest absolute Gasteiger partial charge is 0.325 e. The standard InChI is InChI=1S/C19H15Cl3N4O2S/c1-10(11-2-4-12(20)5-3-11)25-26-19-24-17(27)9-16(29-19)18(28)23-13-6-7-14(21)15(22)8-13/h2-8,16H,9H2,1H3,(H,23,28)(H,24,26,27)/b25-10+/t16-/m1/s1. The summed E-state index contributed by atoms with van der Waals surface area (Å²) in [5.74, 6) is -0.648. The zero-order valence-corrected chi connectivity index (χ0v) is 18.2. The van der Waals surface area contributed by atoms with Crippen LogP contribution in [0, 0.1) is 0 Å². The van der Waals surface area contributed by atoms with Gasteiger partial charge in [0, 0.05) is 17.1 Å². The second-order valence-electron chi connectivity index (χ2n) is 6.07. The number of carbonyl (C=O) groups excluding carboxylic acids is 2. The van der Waals surface area contributed by atoms with Crippen molar-refractivity contribution in [3.63, 3.8) is 0 Å². The van der Waals surface area contributed by atoms with E-state index in [1.807, 2.05) is 12.1 Å². The summed E-state index contributed by atoms with van der Waals surface area (Å²) in [5, 5.41) is 14.5. The molecule has 1 heterocycles. The van der Waals surface area contributed by atoms with Crippen LogP contribution in [0.2, 0.25) is 15.1 Å². The van der Waals surface area contributed by atoms with Crippen LogP contribution in [0.1, 0.15) is 18.9 Å². The number of carbonyl (C=O) groups is 2. The second kappa shape index (κ2) is 9.63. The number of nitrogens with one attached hydrogen (secondary N) is 2. The highest BCUT2D eigenvalue weighted by Gasteiger charge is 2.30. The van der Waals surface area contributed by atoms with Crippen LogP contribution in [0.25, 0.3) is 0 Å². The van der Waals surface area contributed by atoms with E-state index < -0.39 is 5.25 Å². The number of nitrogens with zero attached hydrogens (tertiary/aromatic N) is 2. The van der Waals surface area contributed by atoms with Gasteiger partial charge in [0.2, 0.25) is 11.8 Å². The maximum Gasteiger partial charge on any atom is 0.238 e. The Labute approximate surface area is 186 Å². The van der Waals surface area contributed by atoms with Gasteiger partial charge in [-0.2, -0.15) is 5.10 Å². The van der Waals surface area contributed by atoms with Crippen LogP contribution < -0.4 is 10.6 Å². The zero-order chi connectivity index (χ0) is 21.0. The van der Waals surface area contributed by atoms with Crippen LogP contribution in [0.4, 0.5) is 5.69 Å². The van der Waals surface area contributed by atoms with E-state index in [-0.39, 0.29) is 23.4 Å². The van der Waals surface area contributed by atoms with Gasteiger partial charge in [0.1, 0.15) is 5.25 Å². The summed E-state index contributed by atoms with van der Waals surface area (Å²) >= 11 is 18.9. The van der Waals surface area contributed by atoms with Gasteiger partial charge in [-0.25, -0.2) is 0 Å². The van der Waals surface area contributed by atoms with E-state index in [4.69, 9.17) is 34.8 Å². The molecule has 10 heteroatoms. The van der Waals surface area contributed by atoms with Crippen molar-refractivity contribution < 1.29 is 9.59 Å². The van der Waals surface area contributed by atoms with Gasteiger partial charge in [-0.05, 0) is 42.8 Å². The molecule has 0 aliphatic carbocycles. The third-order valence-electron chi connectivity index (χ3n) is 3.90. The Morgan fingerprint density at radius 2 is 1.86 bits per heavy atom. The van der Waals surface area contributed by atoms with E-state index in [1.54, 1.807) is 37.3 Å². The fourth-order valence-corrected chi connectivity index (χ4v) is 3.76. The van der Waals surface area contributed by atoms with Crippen LogP contribution in [-0.4, -0.2) is 27.9 Å². The van der Waals surface area contributed by atoms with Crippen molar-refractivity contribution in [2.24, 2.45) is 10.2 Å². The quantitative estimate of drug-likeness (QED) is 0.489. The van der Waals surface area contributed by atoms with Crippen molar-refractivity contribution in [1.29, 1.82) is 0 Å². The summed E-state index contributed by atoms with van der Waals surface area (Å²) in [6, 6.07) is 11.9. The number of hydrogen-bond donors (Lipinski definition) is 2. The molecule has 1 aliphatic heterocycles.